The second-order valence-electron chi connectivity index (χ2n) is 5.77. The number of hydrogen-bond donors (Lipinski definition) is 1. The van der Waals surface area contributed by atoms with Crippen molar-refractivity contribution in [3.8, 4) is 0 Å². The summed E-state index contributed by atoms with van der Waals surface area (Å²) in [6.07, 6.45) is 2.32. The lowest BCUT2D eigenvalue weighted by molar-refractivity contribution is 0.0222. The standard InChI is InChI=1S/C12H25N3O3S/c1-12(10-13,11-3-8-18-9-11)14-4-6-15(7-5-14)19(2,16)17/h11H,3-10,13H2,1-2H3. The van der Waals surface area contributed by atoms with Gasteiger partial charge >= 0.3 is 0 Å². The van der Waals surface area contributed by atoms with Crippen molar-refractivity contribution in [2.24, 2.45) is 11.7 Å². The van der Waals surface area contributed by atoms with E-state index in [1.54, 1.807) is 4.31 Å². The zero-order chi connectivity index (χ0) is 14.1. The maximum absolute atomic E-state index is 11.5. The van der Waals surface area contributed by atoms with Crippen LogP contribution < -0.4 is 5.73 Å². The maximum Gasteiger partial charge on any atom is 0.211 e. The first-order valence-corrected chi connectivity index (χ1v) is 8.71. The average Bonchev–Trinajstić information content (AvgIpc) is 2.91. The van der Waals surface area contributed by atoms with Gasteiger partial charge in [-0.1, -0.05) is 0 Å². The van der Waals surface area contributed by atoms with Gasteiger partial charge in [0.15, 0.2) is 0 Å². The van der Waals surface area contributed by atoms with Gasteiger partial charge in [-0.3, -0.25) is 4.90 Å². The molecule has 0 bridgehead atoms. The van der Waals surface area contributed by atoms with Gasteiger partial charge in [-0.2, -0.15) is 4.31 Å². The second kappa shape index (κ2) is 5.65. The Morgan fingerprint density at radius 3 is 2.37 bits per heavy atom. The minimum atomic E-state index is -3.07. The molecule has 0 radical (unpaired) electrons. The molecule has 19 heavy (non-hydrogen) atoms. The van der Waals surface area contributed by atoms with Gasteiger partial charge in [-0.05, 0) is 13.3 Å². The molecular formula is C12H25N3O3S. The molecule has 0 aliphatic carbocycles. The number of nitrogens with two attached hydrogens (primary N) is 1. The summed E-state index contributed by atoms with van der Waals surface area (Å²) in [5.41, 5.74) is 5.93. The van der Waals surface area contributed by atoms with Crippen LogP contribution in [0, 0.1) is 5.92 Å². The van der Waals surface area contributed by atoms with Crippen molar-refractivity contribution in [1.82, 2.24) is 9.21 Å². The quantitative estimate of drug-likeness (QED) is 0.742. The van der Waals surface area contributed by atoms with Gasteiger partial charge in [-0.25, -0.2) is 8.42 Å². The molecule has 7 heteroatoms. The monoisotopic (exact) mass is 291 g/mol. The van der Waals surface area contributed by atoms with Crippen LogP contribution in [-0.2, 0) is 14.8 Å². The van der Waals surface area contributed by atoms with E-state index in [4.69, 9.17) is 10.5 Å². The highest BCUT2D eigenvalue weighted by Crippen LogP contribution is 2.31. The normalized spacial score (nSPS) is 30.4. The van der Waals surface area contributed by atoms with Crippen molar-refractivity contribution in [1.29, 1.82) is 0 Å². The van der Waals surface area contributed by atoms with E-state index >= 15 is 0 Å². The molecule has 0 aromatic carbocycles. The fraction of sp³-hybridized carbons (Fsp3) is 1.00. The Hall–Kier alpha value is -0.210. The molecule has 2 atom stereocenters. The van der Waals surface area contributed by atoms with Crippen molar-refractivity contribution >= 4 is 10.0 Å². The van der Waals surface area contributed by atoms with Gasteiger partial charge in [0.05, 0.1) is 12.9 Å². The Balaban J connectivity index is 2.02. The summed E-state index contributed by atoms with van der Waals surface area (Å²) in [7, 11) is -3.07. The summed E-state index contributed by atoms with van der Waals surface area (Å²) in [6.45, 7) is 6.95. The number of ether oxygens (including phenoxy) is 1. The first-order valence-electron chi connectivity index (χ1n) is 6.86. The van der Waals surface area contributed by atoms with Crippen molar-refractivity contribution in [2.75, 3.05) is 52.2 Å². The molecule has 0 aromatic heterocycles. The van der Waals surface area contributed by atoms with Gasteiger partial charge in [-0.15, -0.1) is 0 Å². The van der Waals surface area contributed by atoms with Crippen molar-refractivity contribution < 1.29 is 13.2 Å². The number of nitrogens with zero attached hydrogens (tertiary/aromatic N) is 2. The summed E-state index contributed by atoms with van der Waals surface area (Å²) in [6, 6.07) is 0. The molecule has 2 aliphatic heterocycles. The van der Waals surface area contributed by atoms with Crippen LogP contribution in [0.1, 0.15) is 13.3 Å². The largest absolute Gasteiger partial charge is 0.381 e. The van der Waals surface area contributed by atoms with E-state index in [1.807, 2.05) is 0 Å². The van der Waals surface area contributed by atoms with Gasteiger partial charge in [0.2, 0.25) is 10.0 Å². The summed E-state index contributed by atoms with van der Waals surface area (Å²) in [5.74, 6) is 0.447. The highest BCUT2D eigenvalue weighted by Gasteiger charge is 2.42. The van der Waals surface area contributed by atoms with Gasteiger partial charge in [0.25, 0.3) is 0 Å². The third-order valence-corrected chi connectivity index (χ3v) is 5.96. The smallest absolute Gasteiger partial charge is 0.211 e. The van der Waals surface area contributed by atoms with Gasteiger partial charge in [0.1, 0.15) is 0 Å². The van der Waals surface area contributed by atoms with Crippen molar-refractivity contribution in [3.63, 3.8) is 0 Å². The van der Waals surface area contributed by atoms with Crippen LogP contribution in [-0.4, -0.2) is 75.4 Å². The average molecular weight is 291 g/mol. The van der Waals surface area contributed by atoms with E-state index in [-0.39, 0.29) is 5.54 Å². The van der Waals surface area contributed by atoms with Crippen LogP contribution in [0.3, 0.4) is 0 Å². The Labute approximate surface area is 115 Å². The number of piperazine rings is 1. The predicted molar refractivity (Wildman–Crippen MR) is 74.4 cm³/mol. The zero-order valence-corrected chi connectivity index (χ0v) is 12.7. The Morgan fingerprint density at radius 1 is 1.32 bits per heavy atom. The van der Waals surface area contributed by atoms with E-state index in [9.17, 15) is 8.42 Å². The molecule has 2 aliphatic rings. The molecular weight excluding hydrogens is 266 g/mol. The topological polar surface area (TPSA) is 75.9 Å². The Morgan fingerprint density at radius 2 is 1.95 bits per heavy atom. The van der Waals surface area contributed by atoms with Crippen molar-refractivity contribution in [3.05, 3.63) is 0 Å². The van der Waals surface area contributed by atoms with E-state index in [0.717, 1.165) is 32.7 Å². The first kappa shape index (κ1) is 15.2. The summed E-state index contributed by atoms with van der Waals surface area (Å²) >= 11 is 0. The molecule has 6 nitrogen and oxygen atoms in total. The Kier molecular flexibility index (Phi) is 4.52. The van der Waals surface area contributed by atoms with Gasteiger partial charge in [0, 0.05) is 50.8 Å². The van der Waals surface area contributed by atoms with Crippen LogP contribution in [0.15, 0.2) is 0 Å². The second-order valence-corrected chi connectivity index (χ2v) is 7.75. The minimum Gasteiger partial charge on any atom is -0.381 e. The lowest BCUT2D eigenvalue weighted by atomic mass is 9.83. The molecule has 2 saturated heterocycles. The summed E-state index contributed by atoms with van der Waals surface area (Å²) < 4.78 is 30.1. The fourth-order valence-electron chi connectivity index (χ4n) is 3.11. The van der Waals surface area contributed by atoms with Crippen LogP contribution in [0.4, 0.5) is 0 Å². The number of sulfonamides is 1. The van der Waals surface area contributed by atoms with Crippen LogP contribution >= 0.6 is 0 Å². The predicted octanol–water partition coefficient (Wildman–Crippen LogP) is -0.682. The molecule has 2 unspecified atom stereocenters. The molecule has 0 aromatic rings. The number of rotatable bonds is 4. The van der Waals surface area contributed by atoms with E-state index in [0.29, 0.717) is 25.6 Å². The van der Waals surface area contributed by atoms with E-state index < -0.39 is 10.0 Å². The van der Waals surface area contributed by atoms with E-state index in [1.165, 1.54) is 6.26 Å². The SMILES string of the molecule is CC(CN)(C1CCOC1)N1CCN(S(C)(=O)=O)CC1. The lowest BCUT2D eigenvalue weighted by Gasteiger charge is -2.47. The van der Waals surface area contributed by atoms with Crippen LogP contribution in [0.5, 0.6) is 0 Å². The highest BCUT2D eigenvalue weighted by molar-refractivity contribution is 7.88. The summed E-state index contributed by atoms with van der Waals surface area (Å²) in [5, 5.41) is 0. The third kappa shape index (κ3) is 3.11. The molecule has 2 fully saturated rings. The molecule has 2 N–H and O–H groups in total. The lowest BCUT2D eigenvalue weighted by Crippen LogP contribution is -2.62. The van der Waals surface area contributed by atoms with Crippen LogP contribution in [0.25, 0.3) is 0 Å². The fourth-order valence-corrected chi connectivity index (χ4v) is 3.94. The summed E-state index contributed by atoms with van der Waals surface area (Å²) in [4.78, 5) is 2.34. The molecule has 112 valence electrons. The van der Waals surface area contributed by atoms with Gasteiger partial charge < -0.3 is 10.5 Å². The minimum absolute atomic E-state index is 0.0832. The molecule has 0 saturated carbocycles. The molecule has 2 rings (SSSR count). The van der Waals surface area contributed by atoms with Crippen LogP contribution in [0.2, 0.25) is 0 Å². The molecule has 0 spiro atoms. The third-order valence-electron chi connectivity index (χ3n) is 4.65. The van der Waals surface area contributed by atoms with Crippen molar-refractivity contribution in [2.45, 2.75) is 18.9 Å². The molecule has 2 heterocycles. The molecule has 0 amide bonds. The van der Waals surface area contributed by atoms with E-state index in [2.05, 4.69) is 11.8 Å². The highest BCUT2D eigenvalue weighted by atomic mass is 32.2. The zero-order valence-electron chi connectivity index (χ0n) is 11.8. The number of hydrogen-bond acceptors (Lipinski definition) is 5. The Bertz CT molecular complexity index is 400. The maximum atomic E-state index is 11.5. The first-order chi connectivity index (χ1) is 8.88.